The maximum atomic E-state index is 12.2. The molecule has 2 rings (SSSR count). The third-order valence-corrected chi connectivity index (χ3v) is 3.34. The molecule has 1 N–H and O–H groups in total. The van der Waals surface area contributed by atoms with Gasteiger partial charge in [0, 0.05) is 19.2 Å². The van der Waals surface area contributed by atoms with E-state index >= 15 is 0 Å². The van der Waals surface area contributed by atoms with Crippen LogP contribution in [0, 0.1) is 0 Å². The fourth-order valence-corrected chi connectivity index (χ4v) is 2.16. The highest BCUT2D eigenvalue weighted by atomic mass is 16.5. The van der Waals surface area contributed by atoms with Crippen LogP contribution in [0.2, 0.25) is 0 Å². The fraction of sp³-hybridized carbons (Fsp3) is 0.211. The molecular formula is C19H21NO3. The molecular weight excluding hydrogens is 290 g/mol. The largest absolute Gasteiger partial charge is 0.490 e. The smallest absolute Gasteiger partial charge is 0.251 e. The van der Waals surface area contributed by atoms with E-state index in [9.17, 15) is 4.79 Å². The molecule has 23 heavy (non-hydrogen) atoms. The average molecular weight is 311 g/mol. The first-order valence-electron chi connectivity index (χ1n) is 7.42. The maximum Gasteiger partial charge on any atom is 0.251 e. The van der Waals surface area contributed by atoms with Crippen molar-refractivity contribution < 1.29 is 14.3 Å². The highest BCUT2D eigenvalue weighted by Gasteiger charge is 2.07. The molecule has 0 radical (unpaired) electrons. The van der Waals surface area contributed by atoms with Crippen LogP contribution in [0.3, 0.4) is 0 Å². The molecule has 0 aromatic heterocycles. The zero-order valence-electron chi connectivity index (χ0n) is 13.2. The first-order chi connectivity index (χ1) is 11.2. The van der Waals surface area contributed by atoms with Gasteiger partial charge >= 0.3 is 0 Å². The molecule has 0 unspecified atom stereocenters. The molecule has 0 bridgehead atoms. The number of nitrogens with one attached hydrogen (secondary N) is 1. The molecule has 0 aliphatic heterocycles. The van der Waals surface area contributed by atoms with Gasteiger partial charge in [-0.3, -0.25) is 4.79 Å². The number of carbonyl (C=O) groups excluding carboxylic acids is 1. The van der Waals surface area contributed by atoms with Crippen molar-refractivity contribution in [3.8, 4) is 5.75 Å². The van der Waals surface area contributed by atoms with E-state index < -0.39 is 0 Å². The normalized spacial score (nSPS) is 10.1. The van der Waals surface area contributed by atoms with Gasteiger partial charge in [-0.2, -0.15) is 0 Å². The minimum Gasteiger partial charge on any atom is -0.490 e. The number of hydrogen-bond donors (Lipinski definition) is 1. The molecule has 0 aliphatic rings. The molecule has 0 fully saturated rings. The molecule has 0 saturated carbocycles. The Labute approximate surface area is 136 Å². The van der Waals surface area contributed by atoms with Gasteiger partial charge in [0.1, 0.15) is 12.4 Å². The van der Waals surface area contributed by atoms with Gasteiger partial charge in [0.2, 0.25) is 0 Å². The first kappa shape index (κ1) is 16.8. The Kier molecular flexibility index (Phi) is 6.39. The van der Waals surface area contributed by atoms with E-state index in [2.05, 4.69) is 11.9 Å². The summed E-state index contributed by atoms with van der Waals surface area (Å²) in [5.41, 5.74) is 2.72. The zero-order chi connectivity index (χ0) is 16.5. The van der Waals surface area contributed by atoms with E-state index in [0.29, 0.717) is 31.1 Å². The van der Waals surface area contributed by atoms with Crippen molar-refractivity contribution in [2.75, 3.05) is 13.7 Å². The van der Waals surface area contributed by atoms with Crippen molar-refractivity contribution in [2.45, 2.75) is 13.2 Å². The Hall–Kier alpha value is -2.59. The lowest BCUT2D eigenvalue weighted by Crippen LogP contribution is -2.23. The van der Waals surface area contributed by atoms with Crippen LogP contribution in [-0.4, -0.2) is 19.6 Å². The Morgan fingerprint density at radius 2 is 1.83 bits per heavy atom. The average Bonchev–Trinajstić information content (AvgIpc) is 2.59. The number of ether oxygens (including phenoxy) is 2. The topological polar surface area (TPSA) is 47.6 Å². The summed E-state index contributed by atoms with van der Waals surface area (Å²) in [6.45, 7) is 5.04. The van der Waals surface area contributed by atoms with Gasteiger partial charge in [0.05, 0.1) is 6.61 Å². The summed E-state index contributed by atoms with van der Waals surface area (Å²) in [6, 6.07) is 14.9. The zero-order valence-corrected chi connectivity index (χ0v) is 13.2. The SMILES string of the molecule is C=CCOc1ccc(C(=O)NCc2ccccc2COC)cc1. The summed E-state index contributed by atoms with van der Waals surface area (Å²) in [6.07, 6.45) is 1.68. The lowest BCUT2D eigenvalue weighted by atomic mass is 10.1. The van der Waals surface area contributed by atoms with Crippen LogP contribution in [-0.2, 0) is 17.9 Å². The monoisotopic (exact) mass is 311 g/mol. The third kappa shape index (κ3) is 4.97. The molecule has 4 nitrogen and oxygen atoms in total. The fourth-order valence-electron chi connectivity index (χ4n) is 2.16. The van der Waals surface area contributed by atoms with Crippen molar-refractivity contribution >= 4 is 5.91 Å². The minimum absolute atomic E-state index is 0.118. The van der Waals surface area contributed by atoms with Crippen LogP contribution in [0.15, 0.2) is 61.2 Å². The van der Waals surface area contributed by atoms with E-state index in [1.165, 1.54) is 0 Å². The number of benzene rings is 2. The second-order valence-corrected chi connectivity index (χ2v) is 5.01. The van der Waals surface area contributed by atoms with E-state index in [4.69, 9.17) is 9.47 Å². The van der Waals surface area contributed by atoms with Crippen molar-refractivity contribution in [3.63, 3.8) is 0 Å². The van der Waals surface area contributed by atoms with Crippen molar-refractivity contribution in [3.05, 3.63) is 77.9 Å². The molecule has 0 atom stereocenters. The van der Waals surface area contributed by atoms with Crippen molar-refractivity contribution in [2.24, 2.45) is 0 Å². The molecule has 0 heterocycles. The van der Waals surface area contributed by atoms with Gasteiger partial charge in [-0.1, -0.05) is 36.9 Å². The third-order valence-electron chi connectivity index (χ3n) is 3.34. The number of rotatable bonds is 8. The van der Waals surface area contributed by atoms with Gasteiger partial charge in [-0.25, -0.2) is 0 Å². The van der Waals surface area contributed by atoms with Crippen molar-refractivity contribution in [1.29, 1.82) is 0 Å². The Morgan fingerprint density at radius 1 is 1.13 bits per heavy atom. The van der Waals surface area contributed by atoms with Crippen molar-refractivity contribution in [1.82, 2.24) is 5.32 Å². The lowest BCUT2D eigenvalue weighted by Gasteiger charge is -2.10. The molecule has 1 amide bonds. The Morgan fingerprint density at radius 3 is 2.48 bits per heavy atom. The summed E-state index contributed by atoms with van der Waals surface area (Å²) in [4.78, 5) is 12.2. The molecule has 4 heteroatoms. The first-order valence-corrected chi connectivity index (χ1v) is 7.42. The highest BCUT2D eigenvalue weighted by Crippen LogP contribution is 2.13. The van der Waals surface area contributed by atoms with Gasteiger partial charge in [0.25, 0.3) is 5.91 Å². The summed E-state index contributed by atoms with van der Waals surface area (Å²) in [5.74, 6) is 0.597. The highest BCUT2D eigenvalue weighted by molar-refractivity contribution is 5.94. The maximum absolute atomic E-state index is 12.2. The predicted octanol–water partition coefficient (Wildman–Crippen LogP) is 3.33. The van der Waals surface area contributed by atoms with E-state index in [1.54, 1.807) is 37.5 Å². The molecule has 2 aromatic carbocycles. The second-order valence-electron chi connectivity index (χ2n) is 5.01. The summed E-state index contributed by atoms with van der Waals surface area (Å²) >= 11 is 0. The van der Waals surface area contributed by atoms with Crippen LogP contribution in [0.25, 0.3) is 0 Å². The molecule has 2 aromatic rings. The second kappa shape index (κ2) is 8.76. The van der Waals surface area contributed by atoms with Gasteiger partial charge in [-0.05, 0) is 35.4 Å². The van der Waals surface area contributed by atoms with Gasteiger partial charge in [0.15, 0.2) is 0 Å². The van der Waals surface area contributed by atoms with Crippen LogP contribution in [0.1, 0.15) is 21.5 Å². The minimum atomic E-state index is -0.118. The summed E-state index contributed by atoms with van der Waals surface area (Å²) < 4.78 is 10.6. The summed E-state index contributed by atoms with van der Waals surface area (Å²) in [7, 11) is 1.66. The molecule has 120 valence electrons. The van der Waals surface area contributed by atoms with E-state index in [1.807, 2.05) is 24.3 Å². The predicted molar refractivity (Wildman–Crippen MR) is 90.5 cm³/mol. The number of carbonyl (C=O) groups is 1. The Balaban J connectivity index is 1.95. The van der Waals surface area contributed by atoms with Gasteiger partial charge in [-0.15, -0.1) is 0 Å². The quantitative estimate of drug-likeness (QED) is 0.761. The standard InChI is InChI=1S/C19H21NO3/c1-3-12-23-18-10-8-15(9-11-18)19(21)20-13-16-6-4-5-7-17(16)14-22-2/h3-11H,1,12-14H2,2H3,(H,20,21). The number of amides is 1. The molecule has 0 aliphatic carbocycles. The lowest BCUT2D eigenvalue weighted by molar-refractivity contribution is 0.0950. The molecule has 0 saturated heterocycles. The van der Waals surface area contributed by atoms with E-state index in [0.717, 1.165) is 11.1 Å². The summed E-state index contributed by atoms with van der Waals surface area (Å²) in [5, 5.41) is 2.93. The van der Waals surface area contributed by atoms with Crippen LogP contribution in [0.5, 0.6) is 5.75 Å². The Bertz CT molecular complexity index is 650. The molecule has 0 spiro atoms. The van der Waals surface area contributed by atoms with Crippen LogP contribution >= 0.6 is 0 Å². The van der Waals surface area contributed by atoms with Crippen LogP contribution in [0.4, 0.5) is 0 Å². The van der Waals surface area contributed by atoms with Crippen LogP contribution < -0.4 is 10.1 Å². The number of methoxy groups -OCH3 is 1. The van der Waals surface area contributed by atoms with Gasteiger partial charge < -0.3 is 14.8 Å². The van der Waals surface area contributed by atoms with E-state index in [-0.39, 0.29) is 5.91 Å². The number of hydrogen-bond acceptors (Lipinski definition) is 3.